The third-order valence-corrected chi connectivity index (χ3v) is 7.81. The van der Waals surface area contributed by atoms with Crippen molar-refractivity contribution in [2.24, 2.45) is 0 Å². The third-order valence-electron chi connectivity index (χ3n) is 7.81. The first-order valence-corrected chi connectivity index (χ1v) is 14.7. The minimum absolute atomic E-state index is 0.520. The topological polar surface area (TPSA) is 9.86 Å². The standard InChI is InChI=1S/C48H32N2/c1-3-12-33(13-4-1)35-14-11-15-36(30-35)34-22-26-40(27-23-34)50-46-21-10-8-19-42(46)44-32-38(25-29-48(44)50)37-24-28-47-43(31-37)41-18-7-9-20-45(41)49(47)39-16-5-2-6-17-39/h1-32H/i1D,2D,3D,4D,5D,6D,7D,8D,9D,10D,11D,12D,13D,14D,15D,16D,17D,18D,19D,20D,21D,22D,23D,24D,26D,27D,28D,29D,30D,31D,32D. The van der Waals surface area contributed by atoms with Gasteiger partial charge in [0.25, 0.3) is 0 Å². The highest BCUT2D eigenvalue weighted by atomic mass is 15.0. The lowest BCUT2D eigenvalue weighted by Gasteiger charge is -2.11. The van der Waals surface area contributed by atoms with E-state index in [-0.39, 0.29) is 0 Å². The van der Waals surface area contributed by atoms with Crippen molar-refractivity contribution in [3.63, 3.8) is 0 Å². The van der Waals surface area contributed by atoms with Crippen LogP contribution < -0.4 is 0 Å². The van der Waals surface area contributed by atoms with Gasteiger partial charge >= 0.3 is 0 Å². The second kappa shape index (κ2) is 11.5. The first-order valence-electron chi connectivity index (χ1n) is 30.2. The summed E-state index contributed by atoms with van der Waals surface area (Å²) in [6, 6.07) is -27.6. The summed E-state index contributed by atoms with van der Waals surface area (Å²) in [5.74, 6) is 0. The molecule has 0 unspecified atom stereocenters. The van der Waals surface area contributed by atoms with Crippen LogP contribution in [0.25, 0.3) is 88.4 Å². The van der Waals surface area contributed by atoms with Gasteiger partial charge in [-0.15, -0.1) is 0 Å². The second-order valence-electron chi connectivity index (χ2n) is 10.6. The van der Waals surface area contributed by atoms with Gasteiger partial charge in [0.1, 0.15) is 0 Å². The molecule has 234 valence electrons. The summed E-state index contributed by atoms with van der Waals surface area (Å²) in [6.45, 7) is 0. The van der Waals surface area contributed by atoms with E-state index in [0.29, 0.717) is 0 Å². The van der Waals surface area contributed by atoms with Gasteiger partial charge in [0.15, 0.2) is 0 Å². The van der Waals surface area contributed by atoms with Crippen LogP contribution in [0.2, 0.25) is 0 Å². The smallest absolute Gasteiger partial charge is 0.0645 e. The van der Waals surface area contributed by atoms with Gasteiger partial charge in [0.05, 0.1) is 64.6 Å². The van der Waals surface area contributed by atoms with Crippen LogP contribution in [0.1, 0.15) is 42.5 Å². The number of para-hydroxylation sites is 3. The summed E-state index contributed by atoms with van der Waals surface area (Å²) in [6.07, 6.45) is 0. The third kappa shape index (κ3) is 4.57. The molecule has 2 aromatic heterocycles. The molecule has 50 heavy (non-hydrogen) atoms. The monoisotopic (exact) mass is 667 g/mol. The Balaban J connectivity index is 1.33. The van der Waals surface area contributed by atoms with Crippen LogP contribution in [0, 0.1) is 0 Å². The molecule has 0 N–H and O–H groups in total. The number of fused-ring (bicyclic) bond motifs is 6. The minimum Gasteiger partial charge on any atom is -0.309 e. The van der Waals surface area contributed by atoms with Crippen LogP contribution in [0.4, 0.5) is 0 Å². The Morgan fingerprint density at radius 3 is 1.38 bits per heavy atom. The summed E-state index contributed by atoms with van der Waals surface area (Å²) < 4.78 is 278. The molecule has 0 saturated carbocycles. The lowest BCUT2D eigenvalue weighted by molar-refractivity contribution is 1.18. The molecule has 0 fully saturated rings. The lowest BCUT2D eigenvalue weighted by atomic mass is 9.99. The molecule has 0 saturated heterocycles. The Labute approximate surface area is 334 Å². The van der Waals surface area contributed by atoms with Gasteiger partial charge in [-0.1, -0.05) is 127 Å². The molecule has 0 bridgehead atoms. The Bertz CT molecular complexity index is 4560. The minimum atomic E-state index is -1.09. The van der Waals surface area contributed by atoms with Crippen LogP contribution in [0.15, 0.2) is 193 Å². The van der Waals surface area contributed by atoms with Gasteiger partial charge in [0.2, 0.25) is 0 Å². The summed E-state index contributed by atoms with van der Waals surface area (Å²) in [7, 11) is 0. The second-order valence-corrected chi connectivity index (χ2v) is 10.6. The molecule has 10 rings (SSSR count). The Morgan fingerprint density at radius 2 is 0.720 bits per heavy atom. The summed E-state index contributed by atoms with van der Waals surface area (Å²) >= 11 is 0. The van der Waals surface area contributed by atoms with Crippen LogP contribution in [-0.4, -0.2) is 9.13 Å². The van der Waals surface area contributed by atoms with Gasteiger partial charge in [-0.2, -0.15) is 0 Å². The molecule has 0 spiro atoms. The van der Waals surface area contributed by atoms with E-state index in [0.717, 1.165) is 15.2 Å². The normalized spacial score (nSPS) is 20.3. The van der Waals surface area contributed by atoms with E-state index >= 15 is 0 Å². The molecule has 2 heterocycles. The van der Waals surface area contributed by atoms with E-state index in [9.17, 15) is 15.1 Å². The summed E-state index contributed by atoms with van der Waals surface area (Å²) in [4.78, 5) is 0. The van der Waals surface area contributed by atoms with Gasteiger partial charge in [0, 0.05) is 32.9 Å². The number of benzene rings is 8. The van der Waals surface area contributed by atoms with E-state index in [2.05, 4.69) is 0 Å². The maximum Gasteiger partial charge on any atom is 0.0645 e. The van der Waals surface area contributed by atoms with Crippen LogP contribution in [0.5, 0.6) is 0 Å². The molecule has 0 aliphatic heterocycles. The van der Waals surface area contributed by atoms with Crippen molar-refractivity contribution in [2.45, 2.75) is 0 Å². The molecule has 2 heteroatoms. The van der Waals surface area contributed by atoms with Crippen molar-refractivity contribution in [2.75, 3.05) is 0 Å². The quantitative estimate of drug-likeness (QED) is 0.173. The fraction of sp³-hybridized carbons (Fsp3) is 0. The van der Waals surface area contributed by atoms with E-state index in [1.165, 1.54) is 0 Å². The highest BCUT2D eigenvalue weighted by molar-refractivity contribution is 6.12. The molecule has 0 aliphatic carbocycles. The van der Waals surface area contributed by atoms with Crippen molar-refractivity contribution < 1.29 is 42.5 Å². The summed E-state index contributed by atoms with van der Waals surface area (Å²) in [5.41, 5.74) is -8.45. The maximum atomic E-state index is 9.83. The van der Waals surface area contributed by atoms with E-state index in [1.807, 2.05) is 0 Å². The summed E-state index contributed by atoms with van der Waals surface area (Å²) in [5, 5.41) is -2.22. The van der Waals surface area contributed by atoms with Gasteiger partial charge < -0.3 is 9.13 Å². The fourth-order valence-electron chi connectivity index (χ4n) is 5.66. The van der Waals surface area contributed by atoms with Crippen LogP contribution in [-0.2, 0) is 0 Å². The zero-order valence-corrected chi connectivity index (χ0v) is 25.0. The van der Waals surface area contributed by atoms with Crippen LogP contribution >= 0.6 is 0 Å². The number of rotatable bonds is 5. The highest BCUT2D eigenvalue weighted by Gasteiger charge is 2.16. The zero-order chi connectivity index (χ0) is 60.0. The van der Waals surface area contributed by atoms with Crippen LogP contribution in [0.3, 0.4) is 0 Å². The molecule has 10 aromatic rings. The molecular weight excluding hydrogens is 605 g/mol. The largest absolute Gasteiger partial charge is 0.309 e. The molecule has 0 aliphatic rings. The number of aromatic nitrogens is 2. The van der Waals surface area contributed by atoms with Crippen molar-refractivity contribution in [1.29, 1.82) is 0 Å². The van der Waals surface area contributed by atoms with Crippen molar-refractivity contribution in [3.8, 4) is 44.8 Å². The first kappa shape index (κ1) is 11.2. The lowest BCUT2D eigenvalue weighted by Crippen LogP contribution is -1.94. The Hall–Kier alpha value is -6.64. The van der Waals surface area contributed by atoms with Gasteiger partial charge in [-0.25, -0.2) is 0 Å². The molecule has 2 nitrogen and oxygen atoms in total. The molecular formula is C48H32N2. The Kier molecular flexibility index (Phi) is 2.58. The first-order chi connectivity index (χ1) is 37.7. The molecule has 0 atom stereocenters. The molecule has 8 aromatic carbocycles. The van der Waals surface area contributed by atoms with E-state index < -0.39 is 276 Å². The van der Waals surface area contributed by atoms with Crippen molar-refractivity contribution >= 4 is 43.6 Å². The number of nitrogens with zero attached hydrogens (tertiary/aromatic N) is 2. The average Bonchev–Trinajstić information content (AvgIpc) is 3.53. The predicted molar refractivity (Wildman–Crippen MR) is 211 cm³/mol. The Morgan fingerprint density at radius 1 is 0.280 bits per heavy atom. The van der Waals surface area contributed by atoms with Gasteiger partial charge in [-0.3, -0.25) is 0 Å². The number of hydrogen-bond acceptors (Lipinski definition) is 0. The highest BCUT2D eigenvalue weighted by Crippen LogP contribution is 2.38. The molecule has 0 radical (unpaired) electrons. The molecule has 0 amide bonds. The van der Waals surface area contributed by atoms with Gasteiger partial charge in [-0.05, 0) is 99.8 Å². The van der Waals surface area contributed by atoms with Crippen molar-refractivity contribution in [1.82, 2.24) is 9.13 Å². The zero-order valence-electron chi connectivity index (χ0n) is 56.0. The average molecular weight is 668 g/mol. The van der Waals surface area contributed by atoms with E-state index in [1.54, 1.807) is 0 Å². The fourth-order valence-corrected chi connectivity index (χ4v) is 5.66. The predicted octanol–water partition coefficient (Wildman–Crippen LogP) is 12.9. The maximum absolute atomic E-state index is 9.83. The van der Waals surface area contributed by atoms with Crippen molar-refractivity contribution in [3.05, 3.63) is 193 Å². The number of hydrogen-bond donors (Lipinski definition) is 0. The van der Waals surface area contributed by atoms with E-state index in [4.69, 9.17) is 27.4 Å². The SMILES string of the molecule is [2H]c1c([2H])c([2H])c(-c2c([2H])c([2H])c([2H])c(-c3c([2H])c([2H])c(-n4c5c([2H])cc(-c6c([2H])c([2H])c7c(c6[2H])c6c([2H])c([2H])c([2H])c([2H])c6n7-c6c([2H])c([2H])c([2H])c([2H])c6[2H])c([2H])c5c5c([2H])c([2H])c([2H])c([2H])c54)c([2H])c3[2H])c2[2H])c([2H])c1[2H].